The highest BCUT2D eigenvalue weighted by Crippen LogP contribution is 2.63. The van der Waals surface area contributed by atoms with Gasteiger partial charge in [0.05, 0.1) is 6.10 Å². The molecule has 0 aromatic rings. The van der Waals surface area contributed by atoms with Crippen LogP contribution in [-0.2, 0) is 9.47 Å². The maximum atomic E-state index is 7.13. The van der Waals surface area contributed by atoms with Crippen molar-refractivity contribution in [2.75, 3.05) is 19.8 Å². The second-order valence-electron chi connectivity index (χ2n) is 25.7. The Morgan fingerprint density at radius 3 is 1.52 bits per heavy atom. The zero-order chi connectivity index (χ0) is 44.8. The molecule has 0 aromatic carbocycles. The zero-order valence-electron chi connectivity index (χ0n) is 44.0. The van der Waals surface area contributed by atoms with Crippen LogP contribution in [0.1, 0.15) is 265 Å². The summed E-state index contributed by atoms with van der Waals surface area (Å²) in [5.41, 5.74) is 1.99. The van der Waals surface area contributed by atoms with Crippen molar-refractivity contribution in [3.63, 3.8) is 0 Å². The van der Waals surface area contributed by atoms with Crippen molar-refractivity contribution < 1.29 is 9.47 Å². The predicted octanol–water partition coefficient (Wildman–Crippen LogP) is 18.8. The topological polar surface area (TPSA) is 18.5 Å². The van der Waals surface area contributed by atoms with Crippen LogP contribution in [-0.4, -0.2) is 25.9 Å². The first kappa shape index (κ1) is 51.0. The Kier molecular flexibility index (Phi) is 21.0. The molecule has 8 saturated carbocycles. The molecular formula is C63H110O2. The molecule has 0 bridgehead atoms. The van der Waals surface area contributed by atoms with E-state index in [9.17, 15) is 0 Å². The largest absolute Gasteiger partial charge is 0.381 e. The summed E-state index contributed by atoms with van der Waals surface area (Å²) in [6, 6.07) is 0. The Morgan fingerprint density at radius 2 is 0.954 bits per heavy atom. The van der Waals surface area contributed by atoms with Crippen molar-refractivity contribution in [2.45, 2.75) is 271 Å². The molecule has 0 radical (unpaired) electrons. The molecule has 0 spiro atoms. The first-order valence-electron chi connectivity index (χ1n) is 31.0. The maximum Gasteiger partial charge on any atom is 0.0578 e. The fourth-order valence-corrected chi connectivity index (χ4v) is 18.2. The number of allylic oxidation sites excluding steroid dienone is 2. The summed E-state index contributed by atoms with van der Waals surface area (Å²) in [7, 11) is 0. The summed E-state index contributed by atoms with van der Waals surface area (Å²) < 4.78 is 13.9. The van der Waals surface area contributed by atoms with E-state index in [1.54, 1.807) is 38.5 Å². The molecule has 8 rings (SSSR count). The van der Waals surface area contributed by atoms with Crippen molar-refractivity contribution in [1.82, 2.24) is 0 Å². The van der Waals surface area contributed by atoms with Crippen molar-refractivity contribution in [2.24, 2.45) is 94.7 Å². The first-order valence-corrected chi connectivity index (χ1v) is 31.0. The van der Waals surface area contributed by atoms with Gasteiger partial charge < -0.3 is 9.47 Å². The Hall–Kier alpha value is -0.340. The summed E-state index contributed by atoms with van der Waals surface area (Å²) in [5.74, 6) is 15.0. The minimum atomic E-state index is 0.527. The molecule has 8 aliphatic rings. The molecule has 65 heavy (non-hydrogen) atoms. The maximum absolute atomic E-state index is 7.13. The normalized spacial score (nSPS) is 37.8. The number of hydrogen-bond acceptors (Lipinski definition) is 2. The lowest BCUT2D eigenvalue weighted by atomic mass is 9.44. The SMILES string of the molecule is CCCCC(CC)COCC1CCC2C(C1)C(C1CCCCC1)C1CCC(OCC(CC)CCCC)CC1C2C1CCC(C2CCC(C=C(C3CCCCC3)C3CCCCC3)CC2)CC1. The van der Waals surface area contributed by atoms with Gasteiger partial charge >= 0.3 is 0 Å². The van der Waals surface area contributed by atoms with Crippen LogP contribution >= 0.6 is 0 Å². The van der Waals surface area contributed by atoms with E-state index in [4.69, 9.17) is 9.47 Å². The van der Waals surface area contributed by atoms with E-state index in [2.05, 4.69) is 33.8 Å². The van der Waals surface area contributed by atoms with Gasteiger partial charge in [0.15, 0.2) is 0 Å². The van der Waals surface area contributed by atoms with Crippen molar-refractivity contribution in [3.8, 4) is 0 Å². The number of rotatable bonds is 21. The molecular weight excluding hydrogens is 789 g/mol. The predicted molar refractivity (Wildman–Crippen MR) is 278 cm³/mol. The van der Waals surface area contributed by atoms with Crippen LogP contribution < -0.4 is 0 Å². The van der Waals surface area contributed by atoms with Crippen LogP contribution in [0, 0.1) is 94.7 Å². The lowest BCUT2D eigenvalue weighted by molar-refractivity contribution is -0.147. The standard InChI is InChI=1S/C63H110O2/c1-5-9-20-46(7-3)43-64-44-49-30-38-57-60(41-49)62(54-26-18-13-19-27-54)58-39-37-56(65-45-47(8-4)21-10-6-2)42-61(58)63(57)55-35-33-51(34-36-55)50-31-28-48(29-32-50)40-59(52-22-14-11-15-23-52)53-24-16-12-17-25-53/h40,46-58,60-63H,5-39,41-45H2,1-4H3. The van der Waals surface area contributed by atoms with E-state index >= 15 is 0 Å². The molecule has 10 atom stereocenters. The van der Waals surface area contributed by atoms with E-state index in [0.29, 0.717) is 6.10 Å². The molecule has 0 saturated heterocycles. The quantitative estimate of drug-likeness (QED) is 0.107. The lowest BCUT2D eigenvalue weighted by Crippen LogP contribution is -2.55. The lowest BCUT2D eigenvalue weighted by Gasteiger charge is -2.61. The van der Waals surface area contributed by atoms with Crippen LogP contribution in [0.25, 0.3) is 0 Å². The minimum absolute atomic E-state index is 0.527. The van der Waals surface area contributed by atoms with Crippen LogP contribution in [0.2, 0.25) is 0 Å². The Morgan fingerprint density at radius 1 is 0.462 bits per heavy atom. The van der Waals surface area contributed by atoms with Gasteiger partial charge in [-0.1, -0.05) is 148 Å². The second-order valence-corrected chi connectivity index (χ2v) is 25.7. The molecule has 0 aromatic heterocycles. The van der Waals surface area contributed by atoms with Gasteiger partial charge in [0.2, 0.25) is 0 Å². The van der Waals surface area contributed by atoms with Crippen LogP contribution in [0.5, 0.6) is 0 Å². The molecule has 2 heteroatoms. The fraction of sp³-hybridized carbons (Fsp3) is 0.968. The van der Waals surface area contributed by atoms with Gasteiger partial charge in [0, 0.05) is 19.8 Å². The number of hydrogen-bond donors (Lipinski definition) is 0. The fourth-order valence-electron chi connectivity index (χ4n) is 18.2. The van der Waals surface area contributed by atoms with Gasteiger partial charge in [-0.2, -0.15) is 0 Å². The third-order valence-corrected chi connectivity index (χ3v) is 21.9. The number of fused-ring (bicyclic) bond motifs is 2. The molecule has 10 unspecified atom stereocenters. The van der Waals surface area contributed by atoms with Gasteiger partial charge in [0.25, 0.3) is 0 Å². The van der Waals surface area contributed by atoms with Crippen LogP contribution in [0.3, 0.4) is 0 Å². The average molecular weight is 900 g/mol. The first-order chi connectivity index (χ1) is 32.1. The molecule has 8 aliphatic carbocycles. The third kappa shape index (κ3) is 13.8. The van der Waals surface area contributed by atoms with Gasteiger partial charge in [-0.3, -0.25) is 0 Å². The monoisotopic (exact) mass is 899 g/mol. The highest BCUT2D eigenvalue weighted by molar-refractivity contribution is 5.15. The highest BCUT2D eigenvalue weighted by Gasteiger charge is 2.57. The van der Waals surface area contributed by atoms with Crippen molar-refractivity contribution in [1.29, 1.82) is 0 Å². The molecule has 374 valence electrons. The van der Waals surface area contributed by atoms with Crippen molar-refractivity contribution >= 4 is 0 Å². The van der Waals surface area contributed by atoms with Crippen LogP contribution in [0.4, 0.5) is 0 Å². The number of ether oxygens (including phenoxy) is 2. The van der Waals surface area contributed by atoms with E-state index in [-0.39, 0.29) is 0 Å². The van der Waals surface area contributed by atoms with Gasteiger partial charge in [0.1, 0.15) is 0 Å². The summed E-state index contributed by atoms with van der Waals surface area (Å²) in [5, 5.41) is 0. The van der Waals surface area contributed by atoms with Gasteiger partial charge in [-0.05, 0) is 223 Å². The Labute approximate surface area is 405 Å². The Bertz CT molecular complexity index is 1300. The summed E-state index contributed by atoms with van der Waals surface area (Å²) >= 11 is 0. The highest BCUT2D eigenvalue weighted by atomic mass is 16.5. The molecule has 8 fully saturated rings. The van der Waals surface area contributed by atoms with E-state index in [1.807, 2.05) is 5.57 Å². The third-order valence-electron chi connectivity index (χ3n) is 21.9. The molecule has 0 aliphatic heterocycles. The average Bonchev–Trinajstić information content (AvgIpc) is 3.37. The molecule has 0 N–H and O–H groups in total. The van der Waals surface area contributed by atoms with E-state index in [0.717, 1.165) is 115 Å². The smallest absolute Gasteiger partial charge is 0.0578 e. The summed E-state index contributed by atoms with van der Waals surface area (Å²) in [4.78, 5) is 0. The molecule has 0 amide bonds. The minimum Gasteiger partial charge on any atom is -0.381 e. The van der Waals surface area contributed by atoms with E-state index in [1.165, 1.54) is 199 Å². The molecule has 2 nitrogen and oxygen atoms in total. The van der Waals surface area contributed by atoms with Crippen LogP contribution in [0.15, 0.2) is 11.6 Å². The van der Waals surface area contributed by atoms with E-state index < -0.39 is 0 Å². The molecule has 0 heterocycles. The van der Waals surface area contributed by atoms with Crippen molar-refractivity contribution in [3.05, 3.63) is 11.6 Å². The summed E-state index contributed by atoms with van der Waals surface area (Å²) in [6.45, 7) is 12.7. The Balaban J connectivity index is 0.945. The number of unbranched alkanes of at least 4 members (excludes halogenated alkanes) is 2. The zero-order valence-corrected chi connectivity index (χ0v) is 44.0. The van der Waals surface area contributed by atoms with Gasteiger partial charge in [-0.15, -0.1) is 0 Å². The van der Waals surface area contributed by atoms with Gasteiger partial charge in [-0.25, -0.2) is 0 Å². The summed E-state index contributed by atoms with van der Waals surface area (Å²) in [6.07, 6.45) is 57.9. The second kappa shape index (κ2) is 26.8.